The highest BCUT2D eigenvalue weighted by molar-refractivity contribution is 6.26. The monoisotopic (exact) mass is 462 g/mol. The summed E-state index contributed by atoms with van der Waals surface area (Å²) in [4.78, 5) is 24.6. The van der Waals surface area contributed by atoms with Gasteiger partial charge in [0.15, 0.2) is 17.8 Å². The van der Waals surface area contributed by atoms with Crippen molar-refractivity contribution in [2.45, 2.75) is 45.1 Å². The number of carbonyl (C=O) groups is 2. The van der Waals surface area contributed by atoms with Crippen molar-refractivity contribution in [2.24, 2.45) is 18.9 Å². The average Bonchev–Trinajstić information content (AvgIpc) is 3.47. The Morgan fingerprint density at radius 2 is 1.79 bits per heavy atom. The van der Waals surface area contributed by atoms with E-state index in [2.05, 4.69) is 5.10 Å². The van der Waals surface area contributed by atoms with Crippen molar-refractivity contribution < 1.29 is 37.3 Å². The van der Waals surface area contributed by atoms with Gasteiger partial charge in [-0.3, -0.25) is 9.59 Å². The molecule has 5 rings (SSSR count). The molecule has 174 valence electrons. The summed E-state index contributed by atoms with van der Waals surface area (Å²) in [5, 5.41) is 14.3. The lowest BCUT2D eigenvalue weighted by Crippen LogP contribution is -2.29. The van der Waals surface area contributed by atoms with E-state index in [0.717, 1.165) is 17.5 Å². The molecule has 0 radical (unpaired) electrons. The maximum atomic E-state index is 13.2. The molecule has 2 saturated heterocycles. The molecule has 2 bridgehead atoms. The SMILES string of the molecule is Cc1cc(Oc2c(C=O)c(C(F)(F)F)nn2C)cc(C)c1C1=C(O)[C@@H]2C3CC[C@H](O3)[C@@H]2C1=O. The van der Waals surface area contributed by atoms with Gasteiger partial charge in [-0.05, 0) is 55.5 Å². The van der Waals surface area contributed by atoms with Gasteiger partial charge in [0, 0.05) is 7.05 Å². The highest BCUT2D eigenvalue weighted by Crippen LogP contribution is 2.54. The van der Waals surface area contributed by atoms with Crippen LogP contribution in [-0.4, -0.2) is 39.2 Å². The molecular weight excluding hydrogens is 441 g/mol. The molecule has 2 aromatic rings. The molecule has 3 heterocycles. The summed E-state index contributed by atoms with van der Waals surface area (Å²) in [6.45, 7) is 3.46. The minimum absolute atomic E-state index is 0.0433. The van der Waals surface area contributed by atoms with Crippen molar-refractivity contribution in [1.82, 2.24) is 9.78 Å². The van der Waals surface area contributed by atoms with Crippen molar-refractivity contribution in [1.29, 1.82) is 0 Å². The van der Waals surface area contributed by atoms with Gasteiger partial charge in [0.25, 0.3) is 0 Å². The number of benzene rings is 1. The summed E-state index contributed by atoms with van der Waals surface area (Å²) in [6.07, 6.45) is -3.46. The van der Waals surface area contributed by atoms with Crippen LogP contribution < -0.4 is 4.74 Å². The van der Waals surface area contributed by atoms with Crippen LogP contribution in [0.5, 0.6) is 11.6 Å². The molecule has 2 aliphatic heterocycles. The molecule has 10 heteroatoms. The predicted molar refractivity (Wildman–Crippen MR) is 109 cm³/mol. The van der Waals surface area contributed by atoms with E-state index in [0.29, 0.717) is 16.7 Å². The lowest BCUT2D eigenvalue weighted by molar-refractivity contribution is -0.141. The molecule has 0 amide bonds. The van der Waals surface area contributed by atoms with Gasteiger partial charge in [-0.25, -0.2) is 4.68 Å². The number of ether oxygens (including phenoxy) is 2. The maximum Gasteiger partial charge on any atom is 0.436 e. The Morgan fingerprint density at radius 3 is 2.33 bits per heavy atom. The van der Waals surface area contributed by atoms with Gasteiger partial charge in [0.05, 0.1) is 29.6 Å². The molecule has 33 heavy (non-hydrogen) atoms. The van der Waals surface area contributed by atoms with Crippen molar-refractivity contribution in [3.05, 3.63) is 45.8 Å². The first-order valence-electron chi connectivity index (χ1n) is 10.5. The van der Waals surface area contributed by atoms with Gasteiger partial charge >= 0.3 is 6.18 Å². The van der Waals surface area contributed by atoms with E-state index in [1.807, 2.05) is 0 Å². The first kappa shape index (κ1) is 21.7. The largest absolute Gasteiger partial charge is 0.511 e. The zero-order valence-corrected chi connectivity index (χ0v) is 18.1. The third-order valence-corrected chi connectivity index (χ3v) is 6.78. The number of rotatable bonds is 4. The molecule has 0 spiro atoms. The van der Waals surface area contributed by atoms with Crippen molar-refractivity contribution in [2.75, 3.05) is 0 Å². The predicted octanol–water partition coefficient (Wildman–Crippen LogP) is 4.31. The molecular formula is C23H21F3N2O5. The number of hydrogen-bond donors (Lipinski definition) is 1. The Morgan fingerprint density at radius 1 is 1.18 bits per heavy atom. The van der Waals surface area contributed by atoms with E-state index in [1.165, 1.54) is 7.05 Å². The number of halogens is 3. The zero-order chi connectivity index (χ0) is 23.8. The van der Waals surface area contributed by atoms with Gasteiger partial charge in [-0.1, -0.05) is 0 Å². The van der Waals surface area contributed by atoms with Crippen LogP contribution in [0.25, 0.3) is 5.57 Å². The van der Waals surface area contributed by atoms with Crippen molar-refractivity contribution >= 4 is 17.6 Å². The number of ketones is 1. The van der Waals surface area contributed by atoms with Gasteiger partial charge in [0.1, 0.15) is 17.1 Å². The molecule has 1 unspecified atom stereocenters. The Balaban J connectivity index is 1.52. The number of aliphatic hydroxyl groups excluding tert-OH is 1. The molecule has 1 aromatic heterocycles. The number of aliphatic hydroxyl groups is 1. The Bertz CT molecular complexity index is 1210. The molecule has 0 saturated carbocycles. The average molecular weight is 462 g/mol. The molecule has 1 aromatic carbocycles. The highest BCUT2D eigenvalue weighted by atomic mass is 19.4. The van der Waals surface area contributed by atoms with E-state index in [1.54, 1.807) is 26.0 Å². The van der Waals surface area contributed by atoms with E-state index in [4.69, 9.17) is 9.47 Å². The minimum atomic E-state index is -4.81. The molecule has 1 aliphatic carbocycles. The number of aldehydes is 1. The quantitative estimate of drug-likeness (QED) is 0.682. The first-order valence-corrected chi connectivity index (χ1v) is 10.5. The normalized spacial score (nSPS) is 26.3. The van der Waals surface area contributed by atoms with Crippen LogP contribution >= 0.6 is 0 Å². The number of aromatic nitrogens is 2. The third kappa shape index (κ3) is 3.11. The molecule has 1 N–H and O–H groups in total. The second-order valence-electron chi connectivity index (χ2n) is 8.81. The van der Waals surface area contributed by atoms with Gasteiger partial charge in [0.2, 0.25) is 5.88 Å². The Labute approximate surface area is 186 Å². The Hall–Kier alpha value is -3.14. The molecule has 4 atom stereocenters. The smallest absolute Gasteiger partial charge is 0.436 e. The van der Waals surface area contributed by atoms with Crippen LogP contribution in [-0.2, 0) is 22.8 Å². The fourth-order valence-corrected chi connectivity index (χ4v) is 5.52. The second kappa shape index (κ2) is 7.18. The van der Waals surface area contributed by atoms with Crippen LogP contribution in [0.1, 0.15) is 45.6 Å². The number of alkyl halides is 3. The van der Waals surface area contributed by atoms with Gasteiger partial charge < -0.3 is 14.6 Å². The van der Waals surface area contributed by atoms with E-state index >= 15 is 0 Å². The third-order valence-electron chi connectivity index (χ3n) is 6.78. The number of fused-ring (bicyclic) bond motifs is 5. The van der Waals surface area contributed by atoms with Crippen LogP contribution in [0, 0.1) is 25.7 Å². The molecule has 3 aliphatic rings. The van der Waals surface area contributed by atoms with Crippen LogP contribution in [0.3, 0.4) is 0 Å². The maximum absolute atomic E-state index is 13.2. The number of nitrogens with zero attached hydrogens (tertiary/aromatic N) is 2. The summed E-state index contributed by atoms with van der Waals surface area (Å²) >= 11 is 0. The van der Waals surface area contributed by atoms with Crippen LogP contribution in [0.4, 0.5) is 13.2 Å². The number of carbonyl (C=O) groups excluding carboxylic acids is 2. The topological polar surface area (TPSA) is 90.7 Å². The summed E-state index contributed by atoms with van der Waals surface area (Å²) in [5.74, 6) is -0.963. The van der Waals surface area contributed by atoms with E-state index in [9.17, 15) is 27.9 Å². The van der Waals surface area contributed by atoms with E-state index < -0.39 is 17.4 Å². The molecule has 2 fully saturated rings. The number of aryl methyl sites for hydroxylation is 3. The minimum Gasteiger partial charge on any atom is -0.511 e. The first-order chi connectivity index (χ1) is 15.5. The van der Waals surface area contributed by atoms with Gasteiger partial charge in [-0.15, -0.1) is 0 Å². The standard InChI is InChI=1S/C23H21F3N2O5/c1-9-6-11(32-22-12(8-29)21(23(24,25)26)27-28(22)3)7-10(2)15(9)18-19(30)16-13-4-5-14(33-13)17(16)20(18)31/h6-8,13-14,16-17,30H,4-5H2,1-3H3/t13?,14-,16+,17-/m0/s1. The summed E-state index contributed by atoms with van der Waals surface area (Å²) in [5.41, 5.74) is 0.0579. The fraction of sp³-hybridized carbons (Fsp3) is 0.435. The lowest BCUT2D eigenvalue weighted by atomic mass is 9.80. The second-order valence-corrected chi connectivity index (χ2v) is 8.81. The van der Waals surface area contributed by atoms with Crippen molar-refractivity contribution in [3.8, 4) is 11.6 Å². The fourth-order valence-electron chi connectivity index (χ4n) is 5.52. The summed E-state index contributed by atoms with van der Waals surface area (Å²) < 4.78 is 51.9. The summed E-state index contributed by atoms with van der Waals surface area (Å²) in [7, 11) is 1.25. The lowest BCUT2D eigenvalue weighted by Gasteiger charge is -2.19. The number of hydrogen-bond acceptors (Lipinski definition) is 6. The molecule has 7 nitrogen and oxygen atoms in total. The van der Waals surface area contributed by atoms with Crippen LogP contribution in [0.2, 0.25) is 0 Å². The van der Waals surface area contributed by atoms with Gasteiger partial charge in [-0.2, -0.15) is 18.3 Å². The van der Waals surface area contributed by atoms with Crippen molar-refractivity contribution in [3.63, 3.8) is 0 Å². The van der Waals surface area contributed by atoms with Crippen LogP contribution in [0.15, 0.2) is 17.9 Å². The number of Topliss-reactive ketones (excluding diaryl/α,β-unsaturated/α-hetero) is 1. The Kier molecular flexibility index (Phi) is 4.72. The summed E-state index contributed by atoms with van der Waals surface area (Å²) in [6, 6.07) is 3.12. The highest BCUT2D eigenvalue weighted by Gasteiger charge is 2.59. The van der Waals surface area contributed by atoms with E-state index in [-0.39, 0.29) is 59.1 Å². The zero-order valence-electron chi connectivity index (χ0n) is 18.1. The number of allylic oxidation sites excluding steroid dienone is 1.